The number of alkyl halides is 3. The molecule has 1 rings (SSSR count). The van der Waals surface area contributed by atoms with Gasteiger partial charge in [0.1, 0.15) is 0 Å². The molecule has 0 saturated heterocycles. The van der Waals surface area contributed by atoms with Crippen molar-refractivity contribution in [3.8, 4) is 5.88 Å². The van der Waals surface area contributed by atoms with Gasteiger partial charge in [0, 0.05) is 24.7 Å². The van der Waals surface area contributed by atoms with Crippen molar-refractivity contribution in [3.63, 3.8) is 0 Å². The van der Waals surface area contributed by atoms with Crippen LogP contribution in [0.1, 0.15) is 50.8 Å². The first-order valence-electron chi connectivity index (χ1n) is 7.23. The number of halogens is 3. The van der Waals surface area contributed by atoms with E-state index in [1.54, 1.807) is 6.07 Å². The van der Waals surface area contributed by atoms with E-state index in [0.717, 1.165) is 17.8 Å². The molecule has 0 bridgehead atoms. The lowest BCUT2D eigenvalue weighted by Gasteiger charge is -2.13. The molecule has 0 aromatic carbocycles. The summed E-state index contributed by atoms with van der Waals surface area (Å²) in [5.41, 5.74) is 1.91. The lowest BCUT2D eigenvalue weighted by atomic mass is 10.1. The third-order valence-electron chi connectivity index (χ3n) is 2.91. The summed E-state index contributed by atoms with van der Waals surface area (Å²) in [4.78, 5) is 4.34. The third-order valence-corrected chi connectivity index (χ3v) is 2.91. The lowest BCUT2D eigenvalue weighted by Crippen LogP contribution is -2.13. The van der Waals surface area contributed by atoms with E-state index in [1.165, 1.54) is 0 Å². The van der Waals surface area contributed by atoms with E-state index < -0.39 is 12.6 Å². The Morgan fingerprint density at radius 3 is 2.57 bits per heavy atom. The number of nitrogens with one attached hydrogen (secondary N) is 1. The maximum Gasteiger partial charge on any atom is 0.389 e. The van der Waals surface area contributed by atoms with Crippen molar-refractivity contribution in [3.05, 3.63) is 23.4 Å². The Morgan fingerprint density at radius 2 is 2.00 bits per heavy atom. The van der Waals surface area contributed by atoms with Crippen molar-refractivity contribution in [2.75, 3.05) is 13.2 Å². The first kappa shape index (κ1) is 17.8. The van der Waals surface area contributed by atoms with Crippen LogP contribution < -0.4 is 10.1 Å². The van der Waals surface area contributed by atoms with Gasteiger partial charge in [-0.25, -0.2) is 4.98 Å². The van der Waals surface area contributed by atoms with Gasteiger partial charge in [-0.1, -0.05) is 20.8 Å². The van der Waals surface area contributed by atoms with E-state index >= 15 is 0 Å². The molecule has 0 saturated carbocycles. The summed E-state index contributed by atoms with van der Waals surface area (Å²) in [5.74, 6) is 0.639. The molecule has 0 spiro atoms. The second kappa shape index (κ2) is 8.22. The Labute approximate surface area is 123 Å². The minimum absolute atomic E-state index is 0.0225. The third kappa shape index (κ3) is 7.32. The molecular weight excluding hydrogens is 281 g/mol. The highest BCUT2D eigenvalue weighted by molar-refractivity contribution is 5.26. The van der Waals surface area contributed by atoms with E-state index in [2.05, 4.69) is 10.3 Å². The zero-order valence-corrected chi connectivity index (χ0v) is 12.8. The number of hydrogen-bond donors (Lipinski definition) is 1. The van der Waals surface area contributed by atoms with Crippen molar-refractivity contribution >= 4 is 0 Å². The van der Waals surface area contributed by atoms with Crippen LogP contribution in [0.2, 0.25) is 0 Å². The van der Waals surface area contributed by atoms with Crippen molar-refractivity contribution in [2.45, 2.75) is 52.3 Å². The minimum Gasteiger partial charge on any atom is -0.478 e. The molecule has 3 nitrogen and oxygen atoms in total. The Morgan fingerprint density at radius 1 is 1.29 bits per heavy atom. The van der Waals surface area contributed by atoms with Crippen LogP contribution in [0.25, 0.3) is 0 Å². The van der Waals surface area contributed by atoms with Crippen molar-refractivity contribution in [2.24, 2.45) is 0 Å². The van der Waals surface area contributed by atoms with Gasteiger partial charge in [-0.15, -0.1) is 0 Å². The van der Waals surface area contributed by atoms with Crippen LogP contribution in [0.4, 0.5) is 13.2 Å². The lowest BCUT2D eigenvalue weighted by molar-refractivity contribution is -0.136. The highest BCUT2D eigenvalue weighted by Gasteiger charge is 2.26. The quantitative estimate of drug-likeness (QED) is 0.736. The molecule has 1 aromatic rings. The maximum absolute atomic E-state index is 12.1. The molecule has 0 aliphatic rings. The molecule has 0 amide bonds. The molecule has 1 N–H and O–H groups in total. The van der Waals surface area contributed by atoms with Crippen LogP contribution in [0.3, 0.4) is 0 Å². The van der Waals surface area contributed by atoms with Gasteiger partial charge in [-0.2, -0.15) is 13.2 Å². The number of hydrogen-bond acceptors (Lipinski definition) is 3. The largest absolute Gasteiger partial charge is 0.478 e. The summed E-state index contributed by atoms with van der Waals surface area (Å²) in [6.07, 6.45) is -5.02. The summed E-state index contributed by atoms with van der Waals surface area (Å²) >= 11 is 0. The average molecular weight is 304 g/mol. The normalized spacial score (nSPS) is 12.0. The van der Waals surface area contributed by atoms with E-state index in [1.807, 2.05) is 26.8 Å². The van der Waals surface area contributed by atoms with Crippen molar-refractivity contribution in [1.29, 1.82) is 0 Å². The van der Waals surface area contributed by atoms with Gasteiger partial charge in [-0.3, -0.25) is 0 Å². The Bertz CT molecular complexity index is 433. The van der Waals surface area contributed by atoms with Gasteiger partial charge in [0.05, 0.1) is 6.61 Å². The van der Waals surface area contributed by atoms with Crippen LogP contribution >= 0.6 is 0 Å². The van der Waals surface area contributed by atoms with E-state index in [-0.39, 0.29) is 18.9 Å². The average Bonchev–Trinajstić information content (AvgIpc) is 2.40. The van der Waals surface area contributed by atoms with Crippen LogP contribution in [-0.2, 0) is 6.54 Å². The standard InChI is InChI=1S/C15H23F3N2O/c1-4-19-10-12-8-13(11(2)3)20-14(9-12)21-7-5-6-15(16,17)18/h8-9,11,19H,4-7,10H2,1-3H3. The number of aromatic nitrogens is 1. The summed E-state index contributed by atoms with van der Waals surface area (Å²) in [6.45, 7) is 7.62. The molecule has 0 fully saturated rings. The SMILES string of the molecule is CCNCc1cc(OCCCC(F)(F)F)nc(C(C)C)c1. The van der Waals surface area contributed by atoms with E-state index in [9.17, 15) is 13.2 Å². The zero-order chi connectivity index (χ0) is 15.9. The molecule has 21 heavy (non-hydrogen) atoms. The molecule has 6 heteroatoms. The molecular formula is C15H23F3N2O. The molecule has 1 aromatic heterocycles. The smallest absolute Gasteiger partial charge is 0.389 e. The van der Waals surface area contributed by atoms with Gasteiger partial charge in [-0.05, 0) is 30.5 Å². The second-order valence-corrected chi connectivity index (χ2v) is 5.24. The highest BCUT2D eigenvalue weighted by Crippen LogP contribution is 2.22. The molecule has 0 atom stereocenters. The Hall–Kier alpha value is -1.30. The van der Waals surface area contributed by atoms with Crippen molar-refractivity contribution in [1.82, 2.24) is 10.3 Å². The molecule has 0 unspecified atom stereocenters. The summed E-state index contributed by atoms with van der Waals surface area (Å²) in [5, 5.41) is 3.21. The van der Waals surface area contributed by atoms with Crippen molar-refractivity contribution < 1.29 is 17.9 Å². The van der Waals surface area contributed by atoms with Crippen LogP contribution in [0, 0.1) is 0 Å². The van der Waals surface area contributed by atoms with Gasteiger partial charge in [0.2, 0.25) is 5.88 Å². The number of nitrogens with zero attached hydrogens (tertiary/aromatic N) is 1. The fourth-order valence-corrected chi connectivity index (χ4v) is 1.77. The Balaban J connectivity index is 2.64. The van der Waals surface area contributed by atoms with Crippen LogP contribution in [-0.4, -0.2) is 24.3 Å². The number of pyridine rings is 1. The molecule has 0 aliphatic carbocycles. The fraction of sp³-hybridized carbons (Fsp3) is 0.667. The molecule has 0 aliphatic heterocycles. The number of rotatable bonds is 8. The van der Waals surface area contributed by atoms with E-state index in [4.69, 9.17) is 4.74 Å². The van der Waals surface area contributed by atoms with Gasteiger partial charge in [0.15, 0.2) is 0 Å². The first-order chi connectivity index (χ1) is 9.81. The highest BCUT2D eigenvalue weighted by atomic mass is 19.4. The molecule has 1 heterocycles. The van der Waals surface area contributed by atoms with Crippen LogP contribution in [0.5, 0.6) is 5.88 Å². The predicted octanol–water partition coefficient (Wildman–Crippen LogP) is 4.04. The topological polar surface area (TPSA) is 34.1 Å². The molecule has 0 radical (unpaired) electrons. The summed E-state index contributed by atoms with van der Waals surface area (Å²) in [7, 11) is 0. The van der Waals surface area contributed by atoms with Crippen LogP contribution in [0.15, 0.2) is 12.1 Å². The number of ether oxygens (including phenoxy) is 1. The van der Waals surface area contributed by atoms with Gasteiger partial charge < -0.3 is 10.1 Å². The zero-order valence-electron chi connectivity index (χ0n) is 12.8. The van der Waals surface area contributed by atoms with Gasteiger partial charge in [0.25, 0.3) is 0 Å². The van der Waals surface area contributed by atoms with E-state index in [0.29, 0.717) is 12.4 Å². The maximum atomic E-state index is 12.1. The Kier molecular flexibility index (Phi) is 6.95. The minimum atomic E-state index is -4.13. The predicted molar refractivity (Wildman–Crippen MR) is 76.5 cm³/mol. The first-order valence-corrected chi connectivity index (χ1v) is 7.23. The van der Waals surface area contributed by atoms with Gasteiger partial charge >= 0.3 is 6.18 Å². The second-order valence-electron chi connectivity index (χ2n) is 5.24. The summed E-state index contributed by atoms with van der Waals surface area (Å²) < 4.78 is 41.6. The monoisotopic (exact) mass is 304 g/mol. The fourth-order valence-electron chi connectivity index (χ4n) is 1.77. The summed E-state index contributed by atoms with van der Waals surface area (Å²) in [6, 6.07) is 3.78. The molecule has 120 valence electrons.